The van der Waals surface area contributed by atoms with Crippen LogP contribution in [0.15, 0.2) is 40.9 Å². The molecule has 18 heavy (non-hydrogen) atoms. The number of carbonyl (C=O) groups is 1. The van der Waals surface area contributed by atoms with Gasteiger partial charge in [0, 0.05) is 23.2 Å². The predicted molar refractivity (Wildman–Crippen MR) is 74.4 cm³/mol. The summed E-state index contributed by atoms with van der Waals surface area (Å²) >= 11 is 0. The Morgan fingerprint density at radius 1 is 1.56 bits per heavy atom. The summed E-state index contributed by atoms with van der Waals surface area (Å²) < 4.78 is 0. The Hall–Kier alpha value is -1.48. The fourth-order valence-corrected chi connectivity index (χ4v) is 2.84. The molecule has 0 saturated carbocycles. The van der Waals surface area contributed by atoms with Crippen LogP contribution in [0.1, 0.15) is 33.1 Å². The Morgan fingerprint density at radius 2 is 2.33 bits per heavy atom. The molecule has 3 heteroatoms. The van der Waals surface area contributed by atoms with E-state index >= 15 is 0 Å². The number of dihydropyridines is 1. The highest BCUT2D eigenvalue weighted by atomic mass is 16.1. The lowest BCUT2D eigenvalue weighted by molar-refractivity contribution is -0.113. The third kappa shape index (κ3) is 2.51. The molecule has 0 spiro atoms. The van der Waals surface area contributed by atoms with Crippen molar-refractivity contribution in [1.29, 1.82) is 0 Å². The van der Waals surface area contributed by atoms with Crippen LogP contribution in [0.25, 0.3) is 0 Å². The molecule has 1 amide bonds. The van der Waals surface area contributed by atoms with Gasteiger partial charge < -0.3 is 5.73 Å². The van der Waals surface area contributed by atoms with Gasteiger partial charge in [-0.3, -0.25) is 4.79 Å². The summed E-state index contributed by atoms with van der Waals surface area (Å²) in [4.78, 5) is 15.6. The van der Waals surface area contributed by atoms with E-state index in [1.54, 1.807) is 6.08 Å². The number of nitrogens with zero attached hydrogens (tertiary/aromatic N) is 1. The monoisotopic (exact) mass is 244 g/mol. The van der Waals surface area contributed by atoms with E-state index in [2.05, 4.69) is 18.0 Å². The third-order valence-corrected chi connectivity index (χ3v) is 3.58. The number of aliphatic imine (C=N–C) groups is 1. The maximum atomic E-state index is 11.4. The first-order valence-corrected chi connectivity index (χ1v) is 6.43. The molecule has 2 rings (SSSR count). The van der Waals surface area contributed by atoms with Crippen molar-refractivity contribution in [2.24, 2.45) is 16.6 Å². The van der Waals surface area contributed by atoms with Gasteiger partial charge >= 0.3 is 0 Å². The smallest absolute Gasteiger partial charge is 0.269 e. The lowest BCUT2D eigenvalue weighted by Crippen LogP contribution is -2.49. The molecule has 2 atom stereocenters. The van der Waals surface area contributed by atoms with Crippen molar-refractivity contribution in [2.75, 3.05) is 0 Å². The molecule has 1 aliphatic heterocycles. The van der Waals surface area contributed by atoms with Gasteiger partial charge in [-0.1, -0.05) is 29.9 Å². The lowest BCUT2D eigenvalue weighted by atomic mass is 9.73. The van der Waals surface area contributed by atoms with Crippen LogP contribution in [0.4, 0.5) is 0 Å². The van der Waals surface area contributed by atoms with Gasteiger partial charge in [0.05, 0.1) is 0 Å². The van der Waals surface area contributed by atoms with Gasteiger partial charge in [0.2, 0.25) is 0 Å². The van der Waals surface area contributed by atoms with Crippen LogP contribution >= 0.6 is 0 Å². The molecule has 2 unspecified atom stereocenters. The molecule has 0 bridgehead atoms. The summed E-state index contributed by atoms with van der Waals surface area (Å²) in [6, 6.07) is 0. The fraction of sp³-hybridized carbons (Fsp3) is 0.467. The first-order chi connectivity index (χ1) is 8.55. The molecule has 0 aromatic heterocycles. The van der Waals surface area contributed by atoms with E-state index < -0.39 is 5.54 Å². The Bertz CT molecular complexity index is 471. The minimum atomic E-state index is -0.466. The molecule has 96 valence electrons. The van der Waals surface area contributed by atoms with E-state index in [9.17, 15) is 4.79 Å². The summed E-state index contributed by atoms with van der Waals surface area (Å²) in [6.07, 6.45) is 12.2. The van der Waals surface area contributed by atoms with Crippen molar-refractivity contribution >= 4 is 11.6 Å². The molecular weight excluding hydrogens is 224 g/mol. The highest BCUT2D eigenvalue weighted by molar-refractivity contribution is 6.05. The van der Waals surface area contributed by atoms with Crippen molar-refractivity contribution in [3.05, 3.63) is 36.0 Å². The number of carbonyl (C=O) groups excluding carboxylic acids is 1. The van der Waals surface area contributed by atoms with Crippen LogP contribution in [-0.2, 0) is 4.79 Å². The number of fused-ring (bicyclic) bond motifs is 1. The van der Waals surface area contributed by atoms with E-state index in [-0.39, 0.29) is 11.8 Å². The van der Waals surface area contributed by atoms with Crippen LogP contribution in [0.3, 0.4) is 0 Å². The summed E-state index contributed by atoms with van der Waals surface area (Å²) in [5.41, 5.74) is 8.32. The SMILES string of the molecule is C/C=C/C1(N)C/C(C)=C\CCC2=NC(=O)C=CC21. The normalized spacial score (nSPS) is 35.5. The fourth-order valence-electron chi connectivity index (χ4n) is 2.84. The van der Waals surface area contributed by atoms with E-state index in [4.69, 9.17) is 5.73 Å². The standard InChI is InChI=1S/C15H20N2O/c1-3-9-15(16)10-11(2)5-4-6-13-12(15)7-8-14(18)17-13/h3,5,7-9,12H,4,6,10,16H2,1-2H3/b9-3+,11-5-. The third-order valence-electron chi connectivity index (χ3n) is 3.58. The summed E-state index contributed by atoms with van der Waals surface area (Å²) in [7, 11) is 0. The second-order valence-corrected chi connectivity index (χ2v) is 5.16. The quantitative estimate of drug-likeness (QED) is 0.721. The van der Waals surface area contributed by atoms with Crippen molar-refractivity contribution in [3.8, 4) is 0 Å². The average Bonchev–Trinajstić information content (AvgIpc) is 2.27. The van der Waals surface area contributed by atoms with Crippen LogP contribution in [0.5, 0.6) is 0 Å². The van der Waals surface area contributed by atoms with Crippen molar-refractivity contribution in [3.63, 3.8) is 0 Å². The molecule has 0 fully saturated rings. The Balaban J connectivity index is 2.44. The molecule has 3 nitrogen and oxygen atoms in total. The van der Waals surface area contributed by atoms with Crippen molar-refractivity contribution < 1.29 is 4.79 Å². The van der Waals surface area contributed by atoms with Crippen LogP contribution in [-0.4, -0.2) is 17.2 Å². The summed E-state index contributed by atoms with van der Waals surface area (Å²) in [6.45, 7) is 4.09. The average molecular weight is 244 g/mol. The van der Waals surface area contributed by atoms with E-state index in [1.807, 2.05) is 25.2 Å². The number of nitrogens with two attached hydrogens (primary N) is 1. The Kier molecular flexibility index (Phi) is 3.62. The van der Waals surface area contributed by atoms with Gasteiger partial charge in [-0.15, -0.1) is 0 Å². The molecular formula is C15H20N2O. The topological polar surface area (TPSA) is 55.4 Å². The Morgan fingerprint density at radius 3 is 3.06 bits per heavy atom. The number of allylic oxidation sites excluding steroid dienone is 2. The predicted octanol–water partition coefficient (Wildman–Crippen LogP) is 2.54. The zero-order chi connectivity index (χ0) is 13.2. The van der Waals surface area contributed by atoms with E-state index in [0.717, 1.165) is 25.0 Å². The van der Waals surface area contributed by atoms with Gasteiger partial charge in [0.1, 0.15) is 0 Å². The molecule has 1 heterocycles. The van der Waals surface area contributed by atoms with Crippen LogP contribution < -0.4 is 5.73 Å². The summed E-state index contributed by atoms with van der Waals surface area (Å²) in [5, 5.41) is 0. The van der Waals surface area contributed by atoms with Gasteiger partial charge in [0.25, 0.3) is 5.91 Å². The van der Waals surface area contributed by atoms with Crippen molar-refractivity contribution in [1.82, 2.24) is 0 Å². The second kappa shape index (κ2) is 5.02. The Labute approximate surface area is 108 Å². The van der Waals surface area contributed by atoms with Crippen LogP contribution in [0.2, 0.25) is 0 Å². The van der Waals surface area contributed by atoms with E-state index in [0.29, 0.717) is 0 Å². The van der Waals surface area contributed by atoms with Gasteiger partial charge in [-0.05, 0) is 33.1 Å². The van der Waals surface area contributed by atoms with Crippen molar-refractivity contribution in [2.45, 2.75) is 38.6 Å². The maximum absolute atomic E-state index is 11.4. The zero-order valence-electron chi connectivity index (χ0n) is 11.0. The highest BCUT2D eigenvalue weighted by Crippen LogP contribution is 2.32. The highest BCUT2D eigenvalue weighted by Gasteiger charge is 2.36. The minimum absolute atomic E-state index is 0.0371. The molecule has 2 aliphatic rings. The van der Waals surface area contributed by atoms with Crippen LogP contribution in [0, 0.1) is 5.92 Å². The minimum Gasteiger partial charge on any atom is -0.321 e. The molecule has 2 N–H and O–H groups in total. The number of rotatable bonds is 1. The number of amides is 1. The van der Waals surface area contributed by atoms with Gasteiger partial charge in [0.15, 0.2) is 0 Å². The number of hydrogen-bond donors (Lipinski definition) is 1. The lowest BCUT2D eigenvalue weighted by Gasteiger charge is -2.37. The molecule has 1 aliphatic carbocycles. The molecule has 0 aromatic carbocycles. The largest absolute Gasteiger partial charge is 0.321 e. The second-order valence-electron chi connectivity index (χ2n) is 5.16. The first-order valence-electron chi connectivity index (χ1n) is 6.43. The van der Waals surface area contributed by atoms with E-state index in [1.165, 1.54) is 5.57 Å². The molecule has 0 saturated heterocycles. The van der Waals surface area contributed by atoms with Gasteiger partial charge in [-0.2, -0.15) is 0 Å². The molecule has 0 radical (unpaired) electrons. The first kappa shape index (κ1) is 13.0. The zero-order valence-corrected chi connectivity index (χ0v) is 11.0. The summed E-state index contributed by atoms with van der Waals surface area (Å²) in [5.74, 6) is -0.125. The van der Waals surface area contributed by atoms with Gasteiger partial charge in [-0.25, -0.2) is 4.99 Å². The number of hydrogen-bond acceptors (Lipinski definition) is 2. The maximum Gasteiger partial charge on any atom is 0.269 e. The molecule has 0 aromatic rings.